The molecule has 0 radical (unpaired) electrons. The third kappa shape index (κ3) is 4.64. The number of ether oxygens (including phenoxy) is 2. The van der Waals surface area contributed by atoms with Crippen molar-refractivity contribution >= 4 is 39.9 Å². The molecule has 0 atom stereocenters. The molecule has 4 nitrogen and oxygen atoms in total. The molecule has 0 N–H and O–H groups in total. The van der Waals surface area contributed by atoms with Gasteiger partial charge in [0.1, 0.15) is 0 Å². The molecule has 0 heterocycles. The van der Waals surface area contributed by atoms with Crippen LogP contribution in [0.3, 0.4) is 0 Å². The van der Waals surface area contributed by atoms with Crippen molar-refractivity contribution in [3.63, 3.8) is 0 Å². The van der Waals surface area contributed by atoms with Crippen molar-refractivity contribution in [3.05, 3.63) is 0 Å². The van der Waals surface area contributed by atoms with Gasteiger partial charge in [0, 0.05) is 0 Å². The van der Waals surface area contributed by atoms with E-state index >= 15 is 0 Å². The monoisotopic (exact) mass is 196 g/mol. The molecule has 0 amide bonds. The number of rotatable bonds is 5. The van der Waals surface area contributed by atoms with Gasteiger partial charge in [0.2, 0.25) is 0 Å². The average Bonchev–Trinajstić information content (AvgIpc) is 2.06. The van der Waals surface area contributed by atoms with Crippen molar-refractivity contribution in [1.29, 1.82) is 0 Å². The molecule has 0 saturated heterocycles. The van der Waals surface area contributed by atoms with Gasteiger partial charge >= 0.3 is 95.6 Å². The van der Waals surface area contributed by atoms with Crippen molar-refractivity contribution in [2.75, 3.05) is 13.2 Å². The summed E-state index contributed by atoms with van der Waals surface area (Å²) >= 11 is 0.780. The third-order valence-electron chi connectivity index (χ3n) is 1.55. The maximum absolute atomic E-state index is 11.2. The molecule has 0 aliphatic carbocycles. The van der Waals surface area contributed by atoms with Gasteiger partial charge in [-0.25, -0.2) is 0 Å². The van der Waals surface area contributed by atoms with Gasteiger partial charge in [0.15, 0.2) is 0 Å². The van der Waals surface area contributed by atoms with Crippen LogP contribution in [0.5, 0.6) is 0 Å². The molecule has 5 heteroatoms. The summed E-state index contributed by atoms with van der Waals surface area (Å²) < 4.78 is 10.0. The topological polar surface area (TPSA) is 52.6 Å². The molecule has 0 aromatic rings. The van der Waals surface area contributed by atoms with Crippen LogP contribution in [0.15, 0.2) is 0 Å². The Morgan fingerprint density at radius 2 is 1.54 bits per heavy atom. The summed E-state index contributed by atoms with van der Waals surface area (Å²) in [5.41, 5.74) is 0. The first-order chi connectivity index (χ1) is 6.17. The van der Waals surface area contributed by atoms with E-state index in [1.165, 1.54) is 0 Å². The average molecular weight is 196 g/mol. The number of hydrogen-bond acceptors (Lipinski definition) is 4. The van der Waals surface area contributed by atoms with Gasteiger partial charge in [-0.2, -0.15) is 0 Å². The van der Waals surface area contributed by atoms with Gasteiger partial charge in [-0.15, -0.1) is 0 Å². The first kappa shape index (κ1) is 12.9. The van der Waals surface area contributed by atoms with Gasteiger partial charge in [0.25, 0.3) is 0 Å². The Kier molecular flexibility index (Phi) is 7.32. The van der Waals surface area contributed by atoms with Crippen molar-refractivity contribution < 1.29 is 19.1 Å². The Morgan fingerprint density at radius 1 is 1.15 bits per heavy atom. The maximum atomic E-state index is 11.2. The second-order valence-corrected chi connectivity index (χ2v) is 3.28. The normalized spacial score (nSPS) is 9.92. The minimum absolute atomic E-state index is 0.302. The second-order valence-electron chi connectivity index (χ2n) is 2.46. The van der Waals surface area contributed by atoms with Crippen LogP contribution < -0.4 is 0 Å². The van der Waals surface area contributed by atoms with Crippen LogP contribution in [0.2, 0.25) is 3.67 Å². The quantitative estimate of drug-likeness (QED) is 0.361. The van der Waals surface area contributed by atoms with Crippen LogP contribution in [0.4, 0.5) is 0 Å². The molecule has 0 aromatic heterocycles. The van der Waals surface area contributed by atoms with Crippen LogP contribution in [0.25, 0.3) is 0 Å². The summed E-state index contributed by atoms with van der Waals surface area (Å²) in [5.74, 6) is -1.63. The molecule has 0 bridgehead atoms. The van der Waals surface area contributed by atoms with E-state index < -0.39 is 17.9 Å². The van der Waals surface area contributed by atoms with Gasteiger partial charge in [0.05, 0.1) is 0 Å². The standard InChI is InChI=1S/C8H13O4.Na/c1-4-11-7(9)6(3)8(10)12-5-2;/h6H,3-5H2,1-2H3;. The molecule has 0 saturated carbocycles. The molecule has 0 aliphatic rings. The zero-order chi connectivity index (χ0) is 10.3. The molecule has 0 aromatic carbocycles. The summed E-state index contributed by atoms with van der Waals surface area (Å²) in [6.45, 7) is 4.03. The van der Waals surface area contributed by atoms with Gasteiger partial charge in [-0.3, -0.25) is 0 Å². The molecule has 0 aliphatic heterocycles. The van der Waals surface area contributed by atoms with Crippen LogP contribution in [-0.4, -0.2) is 53.1 Å². The van der Waals surface area contributed by atoms with Gasteiger partial charge in [-0.05, 0) is 0 Å². The fourth-order valence-corrected chi connectivity index (χ4v) is 1.58. The Hall–Kier alpha value is -0.0600. The summed E-state index contributed by atoms with van der Waals surface area (Å²) in [7, 11) is 0. The van der Waals surface area contributed by atoms with Gasteiger partial charge < -0.3 is 0 Å². The van der Waals surface area contributed by atoms with E-state index in [2.05, 4.69) is 0 Å². The Labute approximate surface area is 95.4 Å². The molecular formula is C8H13NaO4. The van der Waals surface area contributed by atoms with Crippen molar-refractivity contribution in [2.24, 2.45) is 5.92 Å². The first-order valence-electron chi connectivity index (χ1n) is 4.50. The van der Waals surface area contributed by atoms with Crippen molar-refractivity contribution in [3.8, 4) is 0 Å². The summed E-state index contributed by atoms with van der Waals surface area (Å²) in [5, 5.41) is 0. The van der Waals surface area contributed by atoms with Crippen LogP contribution in [0.1, 0.15) is 13.8 Å². The summed E-state index contributed by atoms with van der Waals surface area (Å²) in [6.07, 6.45) is 0. The Balaban J connectivity index is 4.15. The molecule has 0 spiro atoms. The summed E-state index contributed by atoms with van der Waals surface area (Å²) in [6, 6.07) is 0. The fraction of sp³-hybridized carbons (Fsp3) is 0.750. The second kappa shape index (κ2) is 7.35. The minimum atomic E-state index is -0.702. The van der Waals surface area contributed by atoms with E-state index in [4.69, 9.17) is 9.47 Å². The summed E-state index contributed by atoms with van der Waals surface area (Å²) in [4.78, 5) is 22.4. The van der Waals surface area contributed by atoms with Crippen LogP contribution >= 0.6 is 0 Å². The number of esters is 2. The van der Waals surface area contributed by atoms with E-state index in [1.54, 1.807) is 13.8 Å². The number of hydrogen-bond donors (Lipinski definition) is 0. The van der Waals surface area contributed by atoms with Crippen molar-refractivity contribution in [2.45, 2.75) is 17.5 Å². The van der Waals surface area contributed by atoms with Gasteiger partial charge in [-0.1, -0.05) is 0 Å². The zero-order valence-corrected chi connectivity index (χ0v) is 10.3. The van der Waals surface area contributed by atoms with E-state index in [-0.39, 0.29) is 0 Å². The van der Waals surface area contributed by atoms with E-state index in [1.807, 2.05) is 0 Å². The molecule has 0 rings (SSSR count). The first-order valence-corrected chi connectivity index (χ1v) is 5.91. The van der Waals surface area contributed by atoms with Crippen LogP contribution in [-0.2, 0) is 19.1 Å². The third-order valence-corrected chi connectivity index (χ3v) is 2.37. The fourth-order valence-electron chi connectivity index (χ4n) is 0.915. The van der Waals surface area contributed by atoms with E-state index in [0.29, 0.717) is 16.9 Å². The zero-order valence-electron chi connectivity index (χ0n) is 8.33. The molecule has 13 heavy (non-hydrogen) atoms. The molecule has 0 fully saturated rings. The Bertz CT molecular complexity index is 163. The van der Waals surface area contributed by atoms with E-state index in [0.717, 1.165) is 27.9 Å². The van der Waals surface area contributed by atoms with Crippen molar-refractivity contribution in [1.82, 2.24) is 0 Å². The predicted molar refractivity (Wildman–Crippen MR) is 47.3 cm³/mol. The SMILES string of the molecule is CCOC(=O)C([CH2][Na])C(=O)OCC. The predicted octanol–water partition coefficient (Wildman–Crippen LogP) is 0.316. The Morgan fingerprint density at radius 3 is 1.77 bits per heavy atom. The number of carbonyl (C=O) groups is 2. The molecular weight excluding hydrogens is 183 g/mol. The molecule has 70 valence electrons. The van der Waals surface area contributed by atoms with Crippen LogP contribution in [0, 0.1) is 5.92 Å². The number of carbonyl (C=O) groups excluding carboxylic acids is 2. The van der Waals surface area contributed by atoms with E-state index in [9.17, 15) is 9.59 Å². The molecule has 0 unspecified atom stereocenters.